The molecule has 0 aromatic heterocycles. The standard InChI is InChI=1S/C18H18Cl2Te/c1-2-3-4-5-18(14-6-8-15(19)9-7-14)21-17-12-10-16(20)11-13-17/h5-13H,2-4H2,1H3/b18-5+. The molecule has 0 saturated heterocycles. The zero-order valence-electron chi connectivity index (χ0n) is 12.0. The van der Waals surface area contributed by atoms with E-state index in [4.69, 9.17) is 23.2 Å². The molecule has 0 heterocycles. The van der Waals surface area contributed by atoms with E-state index >= 15 is 0 Å². The number of rotatable bonds is 6. The van der Waals surface area contributed by atoms with Crippen molar-refractivity contribution in [1.29, 1.82) is 0 Å². The molecule has 2 aromatic rings. The molecule has 110 valence electrons. The Hall–Kier alpha value is -0.450. The van der Waals surface area contributed by atoms with Crippen LogP contribution in [0.25, 0.3) is 3.62 Å². The number of hydrogen-bond acceptors (Lipinski definition) is 0. The van der Waals surface area contributed by atoms with Gasteiger partial charge in [-0.05, 0) is 0 Å². The van der Waals surface area contributed by atoms with Crippen molar-refractivity contribution >= 4 is 51.4 Å². The molecule has 0 amide bonds. The predicted molar refractivity (Wildman–Crippen MR) is 95.8 cm³/mol. The fourth-order valence-corrected chi connectivity index (χ4v) is 4.95. The van der Waals surface area contributed by atoms with Gasteiger partial charge in [-0.3, -0.25) is 0 Å². The Morgan fingerprint density at radius 1 is 0.952 bits per heavy atom. The summed E-state index contributed by atoms with van der Waals surface area (Å²) in [5.41, 5.74) is 1.30. The van der Waals surface area contributed by atoms with Crippen LogP contribution in [0.4, 0.5) is 0 Å². The van der Waals surface area contributed by atoms with Crippen LogP contribution < -0.4 is 3.61 Å². The quantitative estimate of drug-likeness (QED) is 0.414. The van der Waals surface area contributed by atoms with E-state index in [1.165, 1.54) is 25.6 Å². The average molecular weight is 433 g/mol. The summed E-state index contributed by atoms with van der Waals surface area (Å²) in [6.07, 6.45) is 6.02. The van der Waals surface area contributed by atoms with E-state index in [1.807, 2.05) is 24.3 Å². The van der Waals surface area contributed by atoms with Gasteiger partial charge in [-0.25, -0.2) is 0 Å². The third kappa shape index (κ3) is 5.68. The fraction of sp³-hybridized carbons (Fsp3) is 0.222. The minimum atomic E-state index is -0.402. The normalized spacial score (nSPS) is 11.7. The Morgan fingerprint density at radius 3 is 2.10 bits per heavy atom. The van der Waals surface area contributed by atoms with Gasteiger partial charge < -0.3 is 0 Å². The summed E-state index contributed by atoms with van der Waals surface area (Å²) in [7, 11) is 0. The molecule has 0 N–H and O–H groups in total. The number of allylic oxidation sites excluding steroid dienone is 1. The van der Waals surface area contributed by atoms with Crippen molar-refractivity contribution in [3.63, 3.8) is 0 Å². The molecule has 2 aromatic carbocycles. The molecule has 0 radical (unpaired) electrons. The van der Waals surface area contributed by atoms with Crippen molar-refractivity contribution in [2.45, 2.75) is 26.2 Å². The fourth-order valence-electron chi connectivity index (χ4n) is 1.90. The molecule has 0 aliphatic heterocycles. The average Bonchev–Trinajstić information content (AvgIpc) is 2.49. The monoisotopic (exact) mass is 434 g/mol. The molecule has 0 spiro atoms. The van der Waals surface area contributed by atoms with E-state index in [9.17, 15) is 0 Å². The topological polar surface area (TPSA) is 0 Å². The van der Waals surface area contributed by atoms with Crippen LogP contribution >= 0.6 is 23.2 Å². The first-order valence-electron chi connectivity index (χ1n) is 7.08. The maximum atomic E-state index is 6.00. The van der Waals surface area contributed by atoms with Gasteiger partial charge in [0.25, 0.3) is 0 Å². The number of halogens is 2. The van der Waals surface area contributed by atoms with Crippen LogP contribution in [0.3, 0.4) is 0 Å². The van der Waals surface area contributed by atoms with Crippen LogP contribution in [0, 0.1) is 0 Å². The number of unbranched alkanes of at least 4 members (excludes halogenated alkanes) is 2. The number of hydrogen-bond donors (Lipinski definition) is 0. The van der Waals surface area contributed by atoms with E-state index in [0.717, 1.165) is 16.5 Å². The van der Waals surface area contributed by atoms with E-state index in [1.54, 1.807) is 0 Å². The van der Waals surface area contributed by atoms with Crippen molar-refractivity contribution < 1.29 is 0 Å². The van der Waals surface area contributed by atoms with Gasteiger partial charge in [0, 0.05) is 0 Å². The zero-order chi connectivity index (χ0) is 15.1. The Bertz CT molecular complexity index is 586. The van der Waals surface area contributed by atoms with Crippen LogP contribution in [0.2, 0.25) is 10.0 Å². The molecular formula is C18H18Cl2Te. The van der Waals surface area contributed by atoms with Gasteiger partial charge in [0.05, 0.1) is 0 Å². The summed E-state index contributed by atoms with van der Waals surface area (Å²) in [5, 5.41) is 1.59. The second-order valence-electron chi connectivity index (χ2n) is 4.77. The Labute approximate surface area is 147 Å². The molecule has 0 fully saturated rings. The molecule has 2 rings (SSSR count). The second kappa shape index (κ2) is 8.86. The van der Waals surface area contributed by atoms with E-state index in [-0.39, 0.29) is 0 Å². The summed E-state index contributed by atoms with van der Waals surface area (Å²) in [5.74, 6) is 0. The van der Waals surface area contributed by atoms with Crippen molar-refractivity contribution in [3.05, 3.63) is 70.2 Å². The molecule has 0 atom stereocenters. The summed E-state index contributed by atoms with van der Waals surface area (Å²) in [6.45, 7) is 2.23. The predicted octanol–water partition coefficient (Wildman–Crippen LogP) is 5.55. The van der Waals surface area contributed by atoms with Crippen LogP contribution in [0.5, 0.6) is 0 Å². The van der Waals surface area contributed by atoms with Gasteiger partial charge in [-0.15, -0.1) is 0 Å². The third-order valence-corrected chi connectivity index (χ3v) is 6.79. The minimum absolute atomic E-state index is 0.402. The van der Waals surface area contributed by atoms with Crippen molar-refractivity contribution in [1.82, 2.24) is 0 Å². The molecule has 0 aliphatic carbocycles. The van der Waals surface area contributed by atoms with Gasteiger partial charge >= 0.3 is 148 Å². The van der Waals surface area contributed by atoms with Gasteiger partial charge in [0.2, 0.25) is 0 Å². The van der Waals surface area contributed by atoms with E-state index in [2.05, 4.69) is 37.3 Å². The van der Waals surface area contributed by atoms with Crippen LogP contribution in [0.15, 0.2) is 54.6 Å². The summed E-state index contributed by atoms with van der Waals surface area (Å²) in [6, 6.07) is 16.4. The van der Waals surface area contributed by atoms with Gasteiger partial charge in [0.15, 0.2) is 0 Å². The van der Waals surface area contributed by atoms with Gasteiger partial charge in [0.1, 0.15) is 0 Å². The first-order valence-corrected chi connectivity index (χ1v) is 10.2. The third-order valence-electron chi connectivity index (χ3n) is 3.06. The molecule has 0 nitrogen and oxygen atoms in total. The summed E-state index contributed by atoms with van der Waals surface area (Å²) >= 11 is 11.6. The van der Waals surface area contributed by atoms with Crippen LogP contribution in [-0.2, 0) is 0 Å². The SMILES string of the molecule is CCCC/C=C(/[Te]c1ccc(Cl)cc1)c1ccc(Cl)cc1. The Kier molecular flexibility index (Phi) is 7.14. The first-order chi connectivity index (χ1) is 10.2. The number of benzene rings is 2. The van der Waals surface area contributed by atoms with E-state index < -0.39 is 20.9 Å². The molecule has 21 heavy (non-hydrogen) atoms. The van der Waals surface area contributed by atoms with Gasteiger partial charge in [-0.2, -0.15) is 0 Å². The maximum absolute atomic E-state index is 6.00. The van der Waals surface area contributed by atoms with Gasteiger partial charge in [-0.1, -0.05) is 0 Å². The van der Waals surface area contributed by atoms with Crippen LogP contribution in [0.1, 0.15) is 31.7 Å². The summed E-state index contributed by atoms with van der Waals surface area (Å²) in [4.78, 5) is 0. The molecule has 0 bridgehead atoms. The van der Waals surface area contributed by atoms with Crippen LogP contribution in [-0.4, -0.2) is 20.9 Å². The summed E-state index contributed by atoms with van der Waals surface area (Å²) < 4.78 is 2.88. The van der Waals surface area contributed by atoms with E-state index in [0.29, 0.717) is 0 Å². The molecule has 0 saturated carbocycles. The molecule has 0 unspecified atom stereocenters. The second-order valence-corrected chi connectivity index (χ2v) is 8.83. The van der Waals surface area contributed by atoms with Crippen molar-refractivity contribution in [3.8, 4) is 0 Å². The molecular weight excluding hydrogens is 415 g/mol. The molecule has 3 heteroatoms. The van der Waals surface area contributed by atoms with Crippen molar-refractivity contribution in [2.75, 3.05) is 0 Å². The van der Waals surface area contributed by atoms with Crippen molar-refractivity contribution in [2.24, 2.45) is 0 Å². The Balaban J connectivity index is 2.21. The first kappa shape index (κ1) is 16.9. The Morgan fingerprint density at radius 2 is 1.52 bits per heavy atom. The molecule has 0 aliphatic rings. The zero-order valence-corrected chi connectivity index (χ0v) is 15.8.